The maximum absolute atomic E-state index is 12.3. The Bertz CT molecular complexity index is 694. The van der Waals surface area contributed by atoms with Crippen LogP contribution in [0.4, 0.5) is 13.2 Å². The number of alkyl halides is 3. The number of amides is 1. The van der Waals surface area contributed by atoms with Gasteiger partial charge in [0.2, 0.25) is 0 Å². The Balaban J connectivity index is 1.71. The van der Waals surface area contributed by atoms with Crippen molar-refractivity contribution in [3.63, 3.8) is 0 Å². The molecule has 0 radical (unpaired) electrons. The van der Waals surface area contributed by atoms with Gasteiger partial charge in [0.25, 0.3) is 0 Å². The molecule has 0 spiro atoms. The summed E-state index contributed by atoms with van der Waals surface area (Å²) in [6.45, 7) is 2.66. The highest BCUT2D eigenvalue weighted by Crippen LogP contribution is 2.38. The molecule has 1 N–H and O–H groups in total. The highest BCUT2D eigenvalue weighted by Gasteiger charge is 2.43. The van der Waals surface area contributed by atoms with Gasteiger partial charge in [-0.2, -0.15) is 13.2 Å². The lowest BCUT2D eigenvalue weighted by molar-refractivity contribution is -0.174. The SMILES string of the molecule is C[C@@H]1[C@@H](CNC(=O)C(F)(F)F)CN1C(c1ccccc1)c1ccccc1. The lowest BCUT2D eigenvalue weighted by Crippen LogP contribution is -2.59. The molecule has 0 unspecified atom stereocenters. The van der Waals surface area contributed by atoms with E-state index in [1.54, 1.807) is 0 Å². The van der Waals surface area contributed by atoms with Crippen molar-refractivity contribution in [2.24, 2.45) is 5.92 Å². The van der Waals surface area contributed by atoms with E-state index >= 15 is 0 Å². The maximum atomic E-state index is 12.3. The van der Waals surface area contributed by atoms with Crippen LogP contribution in [0.2, 0.25) is 0 Å². The normalized spacial score (nSPS) is 20.7. The van der Waals surface area contributed by atoms with E-state index in [1.807, 2.05) is 48.6 Å². The summed E-state index contributed by atoms with van der Waals surface area (Å²) in [5.41, 5.74) is 2.28. The molecule has 2 aromatic rings. The Kier molecular flexibility index (Phi) is 5.32. The molecule has 1 aliphatic rings. The topological polar surface area (TPSA) is 32.3 Å². The van der Waals surface area contributed by atoms with Crippen LogP contribution in [0.3, 0.4) is 0 Å². The van der Waals surface area contributed by atoms with Gasteiger partial charge < -0.3 is 5.32 Å². The Morgan fingerprint density at radius 1 is 1.08 bits per heavy atom. The van der Waals surface area contributed by atoms with E-state index in [9.17, 15) is 18.0 Å². The highest BCUT2D eigenvalue weighted by molar-refractivity contribution is 5.81. The minimum absolute atomic E-state index is 0.00350. The fraction of sp³-hybridized carbons (Fsp3) is 0.350. The van der Waals surface area contributed by atoms with Gasteiger partial charge in [-0.1, -0.05) is 60.7 Å². The molecule has 6 heteroatoms. The van der Waals surface area contributed by atoms with Gasteiger partial charge in [0.1, 0.15) is 0 Å². The van der Waals surface area contributed by atoms with E-state index in [0.717, 1.165) is 11.1 Å². The molecule has 0 aromatic heterocycles. The third kappa shape index (κ3) is 3.90. The minimum Gasteiger partial charge on any atom is -0.348 e. The smallest absolute Gasteiger partial charge is 0.348 e. The number of nitrogens with zero attached hydrogens (tertiary/aromatic N) is 1. The molecule has 0 saturated carbocycles. The molecular formula is C20H21F3N2O. The second-order valence-corrected chi connectivity index (χ2v) is 6.63. The average Bonchev–Trinajstić information content (AvgIpc) is 2.64. The van der Waals surface area contributed by atoms with Crippen LogP contribution in [-0.2, 0) is 4.79 Å². The van der Waals surface area contributed by atoms with Crippen molar-refractivity contribution in [2.75, 3.05) is 13.1 Å². The Labute approximate surface area is 150 Å². The number of hydrogen-bond acceptors (Lipinski definition) is 2. The fourth-order valence-corrected chi connectivity index (χ4v) is 3.47. The van der Waals surface area contributed by atoms with Crippen molar-refractivity contribution in [1.82, 2.24) is 10.2 Å². The first-order valence-electron chi connectivity index (χ1n) is 8.58. The second kappa shape index (κ2) is 7.50. The van der Waals surface area contributed by atoms with Gasteiger partial charge in [-0.25, -0.2) is 0 Å². The van der Waals surface area contributed by atoms with Crippen molar-refractivity contribution in [3.05, 3.63) is 71.8 Å². The summed E-state index contributed by atoms with van der Waals surface area (Å²) < 4.78 is 37.0. The third-order valence-electron chi connectivity index (χ3n) is 5.00. The summed E-state index contributed by atoms with van der Waals surface area (Å²) in [5.74, 6) is -1.87. The van der Waals surface area contributed by atoms with Crippen molar-refractivity contribution >= 4 is 5.91 Å². The lowest BCUT2D eigenvalue weighted by Gasteiger charge is -2.51. The zero-order chi connectivity index (χ0) is 18.7. The molecule has 26 heavy (non-hydrogen) atoms. The predicted molar refractivity (Wildman–Crippen MR) is 93.4 cm³/mol. The summed E-state index contributed by atoms with van der Waals surface area (Å²) in [4.78, 5) is 13.3. The molecular weight excluding hydrogens is 341 g/mol. The summed E-state index contributed by atoms with van der Waals surface area (Å²) in [6.07, 6.45) is -4.83. The molecule has 1 saturated heterocycles. The Hall–Kier alpha value is -2.34. The van der Waals surface area contributed by atoms with Crippen LogP contribution < -0.4 is 5.32 Å². The second-order valence-electron chi connectivity index (χ2n) is 6.63. The number of rotatable bonds is 5. The first kappa shape index (κ1) is 18.5. The predicted octanol–water partition coefficient (Wildman–Crippen LogP) is 3.77. The van der Waals surface area contributed by atoms with Crippen molar-refractivity contribution in [1.29, 1.82) is 0 Å². The van der Waals surface area contributed by atoms with E-state index in [-0.39, 0.29) is 24.5 Å². The average molecular weight is 362 g/mol. The van der Waals surface area contributed by atoms with Gasteiger partial charge in [0.05, 0.1) is 6.04 Å². The number of halogens is 3. The number of likely N-dealkylation sites (tertiary alicyclic amines) is 1. The van der Waals surface area contributed by atoms with Crippen molar-refractivity contribution in [2.45, 2.75) is 25.2 Å². The van der Waals surface area contributed by atoms with Crippen molar-refractivity contribution in [3.8, 4) is 0 Å². The minimum atomic E-state index is -4.83. The van der Waals surface area contributed by atoms with Gasteiger partial charge >= 0.3 is 12.1 Å². The van der Waals surface area contributed by atoms with Crippen LogP contribution in [0.15, 0.2) is 60.7 Å². The van der Waals surface area contributed by atoms with Crippen LogP contribution in [0.1, 0.15) is 24.1 Å². The van der Waals surface area contributed by atoms with E-state index < -0.39 is 12.1 Å². The van der Waals surface area contributed by atoms with Gasteiger partial charge in [-0.15, -0.1) is 0 Å². The van der Waals surface area contributed by atoms with Crippen LogP contribution in [0.25, 0.3) is 0 Å². The molecule has 3 rings (SSSR count). The standard InChI is InChI=1S/C20H21F3N2O/c1-14-17(12-24-19(26)20(21,22)23)13-25(14)18(15-8-4-2-5-9-15)16-10-6-3-7-11-16/h2-11,14,17-18H,12-13H2,1H3,(H,24,26)/t14-,17+/m1/s1. The molecule has 1 aliphatic heterocycles. The van der Waals surface area contributed by atoms with E-state index in [2.05, 4.69) is 29.2 Å². The molecule has 1 amide bonds. The number of carbonyl (C=O) groups is 1. The van der Waals surface area contributed by atoms with Gasteiger partial charge in [-0.3, -0.25) is 9.69 Å². The van der Waals surface area contributed by atoms with E-state index in [1.165, 1.54) is 0 Å². The Morgan fingerprint density at radius 3 is 2.00 bits per heavy atom. The van der Waals surface area contributed by atoms with E-state index in [4.69, 9.17) is 0 Å². The summed E-state index contributed by atoms with van der Waals surface area (Å²) in [7, 11) is 0. The molecule has 3 nitrogen and oxygen atoms in total. The summed E-state index contributed by atoms with van der Waals surface area (Å²) in [6, 6.07) is 20.2. The molecule has 2 atom stereocenters. The molecule has 1 fully saturated rings. The molecule has 138 valence electrons. The number of carbonyl (C=O) groups excluding carboxylic acids is 1. The van der Waals surface area contributed by atoms with Crippen LogP contribution >= 0.6 is 0 Å². The maximum Gasteiger partial charge on any atom is 0.471 e. The zero-order valence-electron chi connectivity index (χ0n) is 14.4. The van der Waals surface area contributed by atoms with Gasteiger partial charge in [0, 0.05) is 25.0 Å². The molecule has 0 bridgehead atoms. The van der Waals surface area contributed by atoms with E-state index in [0.29, 0.717) is 6.54 Å². The van der Waals surface area contributed by atoms with Crippen LogP contribution in [0.5, 0.6) is 0 Å². The largest absolute Gasteiger partial charge is 0.471 e. The van der Waals surface area contributed by atoms with Crippen LogP contribution in [-0.4, -0.2) is 36.1 Å². The van der Waals surface area contributed by atoms with Gasteiger partial charge in [0.15, 0.2) is 0 Å². The molecule has 0 aliphatic carbocycles. The third-order valence-corrected chi connectivity index (χ3v) is 5.00. The number of benzene rings is 2. The highest BCUT2D eigenvalue weighted by atomic mass is 19.4. The van der Waals surface area contributed by atoms with Gasteiger partial charge in [-0.05, 0) is 18.1 Å². The monoisotopic (exact) mass is 362 g/mol. The lowest BCUT2D eigenvalue weighted by atomic mass is 9.84. The van der Waals surface area contributed by atoms with Crippen LogP contribution in [0, 0.1) is 5.92 Å². The quantitative estimate of drug-likeness (QED) is 0.878. The van der Waals surface area contributed by atoms with Crippen molar-refractivity contribution < 1.29 is 18.0 Å². The number of nitrogens with one attached hydrogen (secondary N) is 1. The Morgan fingerprint density at radius 2 is 1.58 bits per heavy atom. The molecule has 2 aromatic carbocycles. The summed E-state index contributed by atoms with van der Waals surface area (Å²) >= 11 is 0. The molecule has 1 heterocycles. The number of hydrogen-bond donors (Lipinski definition) is 1. The zero-order valence-corrected chi connectivity index (χ0v) is 14.4. The first-order chi connectivity index (χ1) is 12.4. The first-order valence-corrected chi connectivity index (χ1v) is 8.58. The fourth-order valence-electron chi connectivity index (χ4n) is 3.47. The summed E-state index contributed by atoms with van der Waals surface area (Å²) in [5, 5.41) is 2.00.